The van der Waals surface area contributed by atoms with E-state index in [0.717, 1.165) is 22.2 Å². The summed E-state index contributed by atoms with van der Waals surface area (Å²) in [6.07, 6.45) is 1.73. The van der Waals surface area contributed by atoms with Crippen LogP contribution in [0.1, 0.15) is 21.7 Å². The van der Waals surface area contributed by atoms with Gasteiger partial charge in [0, 0.05) is 24.2 Å². The first-order valence-electron chi connectivity index (χ1n) is 7.98. The van der Waals surface area contributed by atoms with Gasteiger partial charge in [0.05, 0.1) is 18.8 Å². The first-order chi connectivity index (χ1) is 12.1. The van der Waals surface area contributed by atoms with Crippen molar-refractivity contribution in [2.45, 2.75) is 13.5 Å². The first-order valence-corrected chi connectivity index (χ1v) is 7.98. The van der Waals surface area contributed by atoms with Crippen LogP contribution in [0.2, 0.25) is 0 Å². The van der Waals surface area contributed by atoms with Crippen molar-refractivity contribution in [3.63, 3.8) is 0 Å². The molecule has 0 atom stereocenters. The molecule has 3 rings (SSSR count). The van der Waals surface area contributed by atoms with Crippen molar-refractivity contribution >= 4 is 16.9 Å². The molecule has 0 fully saturated rings. The van der Waals surface area contributed by atoms with Crippen molar-refractivity contribution in [1.82, 2.24) is 9.55 Å². The number of aromatic carboxylic acids is 1. The van der Waals surface area contributed by atoms with Crippen molar-refractivity contribution < 1.29 is 19.4 Å². The standard InChI is InChI=1S/C19H20N2O4/c1-13-5-6-20-15(9-13)12-21-17-4-3-16(25-8-7-24-2)10-14(17)11-18(21)19(22)23/h3-6,9-11H,7-8,12H2,1-2H3,(H,22,23). The summed E-state index contributed by atoms with van der Waals surface area (Å²) < 4.78 is 12.3. The molecule has 0 radical (unpaired) electrons. The molecule has 0 saturated heterocycles. The Bertz CT molecular complexity index is 902. The molecule has 0 amide bonds. The van der Waals surface area contributed by atoms with Gasteiger partial charge >= 0.3 is 5.97 Å². The number of hydrogen-bond donors (Lipinski definition) is 1. The summed E-state index contributed by atoms with van der Waals surface area (Å²) in [5, 5.41) is 10.4. The molecular weight excluding hydrogens is 320 g/mol. The number of methoxy groups -OCH3 is 1. The number of carbonyl (C=O) groups is 1. The maximum atomic E-state index is 11.7. The monoisotopic (exact) mass is 340 g/mol. The van der Waals surface area contributed by atoms with Gasteiger partial charge in [-0.15, -0.1) is 0 Å². The average molecular weight is 340 g/mol. The number of aryl methyl sites for hydroxylation is 1. The van der Waals surface area contributed by atoms with E-state index in [2.05, 4.69) is 4.98 Å². The van der Waals surface area contributed by atoms with E-state index < -0.39 is 5.97 Å². The highest BCUT2D eigenvalue weighted by Crippen LogP contribution is 2.26. The van der Waals surface area contributed by atoms with E-state index in [9.17, 15) is 9.90 Å². The molecular formula is C19H20N2O4. The molecule has 6 heteroatoms. The maximum Gasteiger partial charge on any atom is 0.352 e. The number of pyridine rings is 1. The number of aromatic nitrogens is 2. The van der Waals surface area contributed by atoms with Gasteiger partial charge in [-0.25, -0.2) is 4.79 Å². The minimum atomic E-state index is -0.967. The second-order valence-electron chi connectivity index (χ2n) is 5.81. The van der Waals surface area contributed by atoms with Crippen molar-refractivity contribution in [3.8, 4) is 5.75 Å². The summed E-state index contributed by atoms with van der Waals surface area (Å²) in [6, 6.07) is 11.1. The third-order valence-corrected chi connectivity index (χ3v) is 3.94. The molecule has 3 aromatic rings. The van der Waals surface area contributed by atoms with Crippen LogP contribution in [-0.4, -0.2) is 41.0 Å². The highest BCUT2D eigenvalue weighted by Gasteiger charge is 2.16. The van der Waals surface area contributed by atoms with E-state index >= 15 is 0 Å². The topological polar surface area (TPSA) is 73.6 Å². The van der Waals surface area contributed by atoms with Crippen LogP contribution in [0.25, 0.3) is 10.9 Å². The zero-order valence-corrected chi connectivity index (χ0v) is 14.2. The lowest BCUT2D eigenvalue weighted by Gasteiger charge is -2.09. The van der Waals surface area contributed by atoms with Crippen molar-refractivity contribution in [2.75, 3.05) is 20.3 Å². The molecule has 0 unspecified atom stereocenters. The first kappa shape index (κ1) is 17.0. The van der Waals surface area contributed by atoms with Gasteiger partial charge in [-0.1, -0.05) is 0 Å². The van der Waals surface area contributed by atoms with E-state index in [0.29, 0.717) is 25.5 Å². The molecule has 6 nitrogen and oxygen atoms in total. The van der Waals surface area contributed by atoms with Crippen LogP contribution in [0.5, 0.6) is 5.75 Å². The molecule has 2 aromatic heterocycles. The zero-order valence-electron chi connectivity index (χ0n) is 14.2. The summed E-state index contributed by atoms with van der Waals surface area (Å²) in [5.41, 5.74) is 2.97. The van der Waals surface area contributed by atoms with Gasteiger partial charge in [-0.05, 0) is 48.9 Å². The van der Waals surface area contributed by atoms with Crippen LogP contribution >= 0.6 is 0 Å². The molecule has 0 aliphatic carbocycles. The Morgan fingerprint density at radius 1 is 1.20 bits per heavy atom. The molecule has 0 aliphatic rings. The molecule has 0 bridgehead atoms. The number of nitrogens with zero attached hydrogens (tertiary/aromatic N) is 2. The minimum Gasteiger partial charge on any atom is -0.491 e. The minimum absolute atomic E-state index is 0.229. The van der Waals surface area contributed by atoms with E-state index in [4.69, 9.17) is 9.47 Å². The Morgan fingerprint density at radius 3 is 2.76 bits per heavy atom. The largest absolute Gasteiger partial charge is 0.491 e. The SMILES string of the molecule is COCCOc1ccc2c(c1)cc(C(=O)O)n2Cc1cc(C)ccn1. The molecule has 130 valence electrons. The zero-order chi connectivity index (χ0) is 17.8. The molecule has 0 aliphatic heterocycles. The Labute approximate surface area is 145 Å². The molecule has 0 saturated carbocycles. The number of benzene rings is 1. The normalized spacial score (nSPS) is 11.0. The number of carboxylic acid groups (broad SMARTS) is 1. The molecule has 1 N–H and O–H groups in total. The summed E-state index contributed by atoms with van der Waals surface area (Å²) in [4.78, 5) is 16.0. The van der Waals surface area contributed by atoms with Crippen LogP contribution in [0.15, 0.2) is 42.6 Å². The lowest BCUT2D eigenvalue weighted by atomic mass is 10.2. The number of ether oxygens (including phenoxy) is 2. The van der Waals surface area contributed by atoms with Gasteiger partial charge in [0.1, 0.15) is 18.1 Å². The van der Waals surface area contributed by atoms with Crippen LogP contribution < -0.4 is 4.74 Å². The lowest BCUT2D eigenvalue weighted by Crippen LogP contribution is -2.10. The van der Waals surface area contributed by atoms with Gasteiger partial charge < -0.3 is 19.1 Å². The van der Waals surface area contributed by atoms with Gasteiger partial charge in [-0.3, -0.25) is 4.98 Å². The van der Waals surface area contributed by atoms with Crippen molar-refractivity contribution in [3.05, 3.63) is 59.5 Å². The van der Waals surface area contributed by atoms with Crippen molar-refractivity contribution in [2.24, 2.45) is 0 Å². The number of hydrogen-bond acceptors (Lipinski definition) is 4. The molecule has 1 aromatic carbocycles. The fourth-order valence-corrected chi connectivity index (χ4v) is 2.78. The smallest absolute Gasteiger partial charge is 0.352 e. The van der Waals surface area contributed by atoms with E-state index in [-0.39, 0.29) is 5.69 Å². The Morgan fingerprint density at radius 2 is 2.04 bits per heavy atom. The Hall–Kier alpha value is -2.86. The van der Waals surface area contributed by atoms with E-state index in [1.807, 2.05) is 37.3 Å². The second kappa shape index (κ2) is 7.36. The average Bonchev–Trinajstić information content (AvgIpc) is 2.93. The van der Waals surface area contributed by atoms with Crippen LogP contribution in [0.4, 0.5) is 0 Å². The van der Waals surface area contributed by atoms with Gasteiger partial charge in [0.2, 0.25) is 0 Å². The van der Waals surface area contributed by atoms with Crippen LogP contribution in [0.3, 0.4) is 0 Å². The number of fused-ring (bicyclic) bond motifs is 1. The van der Waals surface area contributed by atoms with Crippen LogP contribution in [-0.2, 0) is 11.3 Å². The summed E-state index contributed by atoms with van der Waals surface area (Å²) in [7, 11) is 1.62. The fraction of sp³-hybridized carbons (Fsp3) is 0.263. The third kappa shape index (κ3) is 3.80. The molecule has 25 heavy (non-hydrogen) atoms. The maximum absolute atomic E-state index is 11.7. The van der Waals surface area contributed by atoms with Crippen molar-refractivity contribution in [1.29, 1.82) is 0 Å². The third-order valence-electron chi connectivity index (χ3n) is 3.94. The highest BCUT2D eigenvalue weighted by molar-refractivity contribution is 5.95. The molecule has 2 heterocycles. The fourth-order valence-electron chi connectivity index (χ4n) is 2.78. The van der Waals surface area contributed by atoms with Gasteiger partial charge in [-0.2, -0.15) is 0 Å². The second-order valence-corrected chi connectivity index (χ2v) is 5.81. The van der Waals surface area contributed by atoms with Gasteiger partial charge in [0.15, 0.2) is 0 Å². The van der Waals surface area contributed by atoms with E-state index in [1.165, 1.54) is 0 Å². The molecule has 0 spiro atoms. The summed E-state index contributed by atoms with van der Waals surface area (Å²) in [6.45, 7) is 3.33. The number of rotatable bonds is 7. The quantitative estimate of drug-likeness (QED) is 0.669. The predicted molar refractivity (Wildman–Crippen MR) is 94.3 cm³/mol. The van der Waals surface area contributed by atoms with Crippen LogP contribution in [0, 0.1) is 6.92 Å². The van der Waals surface area contributed by atoms with E-state index in [1.54, 1.807) is 23.9 Å². The summed E-state index contributed by atoms with van der Waals surface area (Å²) in [5.74, 6) is -0.280. The summed E-state index contributed by atoms with van der Waals surface area (Å²) >= 11 is 0. The number of carboxylic acids is 1. The predicted octanol–water partition coefficient (Wildman–Crippen LogP) is 3.12. The highest BCUT2D eigenvalue weighted by atomic mass is 16.5. The lowest BCUT2D eigenvalue weighted by molar-refractivity contribution is 0.0686. The van der Waals surface area contributed by atoms with Gasteiger partial charge in [0.25, 0.3) is 0 Å². The Balaban J connectivity index is 1.98. The Kier molecular flexibility index (Phi) is 5.00.